The van der Waals surface area contributed by atoms with E-state index in [9.17, 15) is 23.6 Å². The van der Waals surface area contributed by atoms with Gasteiger partial charge in [0.25, 0.3) is 0 Å². The van der Waals surface area contributed by atoms with Gasteiger partial charge in [-0.25, -0.2) is 14.0 Å². The van der Waals surface area contributed by atoms with Crippen molar-refractivity contribution >= 4 is 34.9 Å². The predicted octanol–water partition coefficient (Wildman–Crippen LogP) is 7.15. The molecule has 5 atom stereocenters. The van der Waals surface area contributed by atoms with E-state index >= 15 is 0 Å². The number of ether oxygens (including phenoxy) is 2. The summed E-state index contributed by atoms with van der Waals surface area (Å²) >= 11 is 0. The molecule has 0 unspecified atom stereocenters. The molecule has 3 N–H and O–H groups in total. The van der Waals surface area contributed by atoms with Crippen molar-refractivity contribution < 1.29 is 33.0 Å². The van der Waals surface area contributed by atoms with Crippen molar-refractivity contribution in [3.05, 3.63) is 35.8 Å². The number of rotatable bonds is 7. The highest BCUT2D eigenvalue weighted by Crippen LogP contribution is 2.45. The van der Waals surface area contributed by atoms with Crippen LogP contribution < -0.4 is 10.6 Å². The number of alkyl carbamates (subject to hydrolysis) is 2. The maximum Gasteiger partial charge on any atom is 0.408 e. The Morgan fingerprint density at radius 3 is 1.81 bits per heavy atom. The Balaban J connectivity index is 1.35. The molecule has 6 rings (SSSR count). The number of halogens is 1. The highest BCUT2D eigenvalue weighted by molar-refractivity contribution is 5.90. The second-order valence-electron chi connectivity index (χ2n) is 17.5. The lowest BCUT2D eigenvalue weighted by Crippen LogP contribution is -2.56. The van der Waals surface area contributed by atoms with Crippen molar-refractivity contribution in [3.63, 3.8) is 0 Å². The fourth-order valence-electron chi connectivity index (χ4n) is 9.22. The van der Waals surface area contributed by atoms with E-state index in [-0.39, 0.29) is 47.5 Å². The molecular weight excluding hydrogens is 665 g/mol. The summed E-state index contributed by atoms with van der Waals surface area (Å²) in [4.78, 5) is 63.1. The second kappa shape index (κ2) is 15.3. The van der Waals surface area contributed by atoms with Gasteiger partial charge in [0.05, 0.1) is 12.1 Å². The van der Waals surface area contributed by atoms with Crippen LogP contribution in [0.2, 0.25) is 0 Å². The van der Waals surface area contributed by atoms with E-state index in [1.54, 1.807) is 47.6 Å². The number of carbonyl (C=O) groups is 4. The van der Waals surface area contributed by atoms with Crippen molar-refractivity contribution in [2.75, 3.05) is 13.1 Å². The highest BCUT2D eigenvalue weighted by Gasteiger charge is 2.55. The number of H-pyrrole nitrogens is 1. The van der Waals surface area contributed by atoms with Crippen molar-refractivity contribution in [2.45, 2.75) is 153 Å². The molecular formula is C40H58FN5O6. The van der Waals surface area contributed by atoms with Crippen molar-refractivity contribution in [2.24, 2.45) is 11.8 Å². The number of carbonyl (C=O) groups excluding carboxylic acids is 4. The lowest BCUT2D eigenvalue weighted by molar-refractivity contribution is -0.138. The number of likely N-dealkylation sites (tertiary alicyclic amines) is 2. The van der Waals surface area contributed by atoms with E-state index in [1.165, 1.54) is 12.1 Å². The number of benzene rings is 1. The minimum absolute atomic E-state index is 0.0322. The number of nitrogens with one attached hydrogen (secondary N) is 3. The largest absolute Gasteiger partial charge is 0.444 e. The molecule has 12 heteroatoms. The van der Waals surface area contributed by atoms with Crippen LogP contribution in [0.1, 0.15) is 124 Å². The second-order valence-corrected chi connectivity index (χ2v) is 17.5. The van der Waals surface area contributed by atoms with E-state index in [0.29, 0.717) is 25.0 Å². The monoisotopic (exact) mass is 723 g/mol. The fraction of sp³-hybridized carbons (Fsp3) is 0.700. The zero-order valence-corrected chi connectivity index (χ0v) is 31.8. The van der Waals surface area contributed by atoms with Crippen molar-refractivity contribution in [3.8, 4) is 0 Å². The number of aromatic nitrogens is 1. The molecule has 11 nitrogen and oxygen atoms in total. The molecule has 2 aliphatic carbocycles. The first-order chi connectivity index (χ1) is 24.6. The molecule has 2 aromatic rings. The number of aromatic amines is 1. The number of fused-ring (bicyclic) bond motifs is 2. The van der Waals surface area contributed by atoms with E-state index in [1.807, 2.05) is 16.0 Å². The van der Waals surface area contributed by atoms with Crippen LogP contribution in [-0.4, -0.2) is 87.2 Å². The Morgan fingerprint density at radius 2 is 1.29 bits per heavy atom. The first kappa shape index (κ1) is 37.9. The lowest BCUT2D eigenvalue weighted by Gasteiger charge is -2.36. The molecule has 2 saturated carbocycles. The van der Waals surface area contributed by atoms with E-state index in [0.717, 1.165) is 75.2 Å². The molecule has 0 bridgehead atoms. The summed E-state index contributed by atoms with van der Waals surface area (Å²) in [6.45, 7) is 11.5. The molecule has 4 aliphatic rings. The molecule has 286 valence electrons. The first-order valence-electron chi connectivity index (χ1n) is 19.5. The molecule has 1 aromatic carbocycles. The smallest absolute Gasteiger partial charge is 0.408 e. The van der Waals surface area contributed by atoms with Crippen LogP contribution in [0.15, 0.2) is 24.4 Å². The minimum atomic E-state index is -0.764. The molecule has 3 heterocycles. The number of hydrogen-bond acceptors (Lipinski definition) is 6. The molecule has 2 saturated heterocycles. The third-order valence-electron chi connectivity index (χ3n) is 11.4. The molecule has 1 aromatic heterocycles. The molecule has 0 radical (unpaired) electrons. The summed E-state index contributed by atoms with van der Waals surface area (Å²) in [7, 11) is 0. The van der Waals surface area contributed by atoms with E-state index < -0.39 is 35.5 Å². The van der Waals surface area contributed by atoms with Gasteiger partial charge in [-0.2, -0.15) is 0 Å². The van der Waals surface area contributed by atoms with Crippen LogP contribution in [0.3, 0.4) is 0 Å². The summed E-state index contributed by atoms with van der Waals surface area (Å²) < 4.78 is 25.6. The molecule has 2 aliphatic heterocycles. The number of nitrogens with zero attached hydrogens (tertiary/aromatic N) is 2. The molecule has 4 fully saturated rings. The minimum Gasteiger partial charge on any atom is -0.444 e. The molecule has 4 amide bonds. The normalized spacial score (nSPS) is 24.3. The quantitative estimate of drug-likeness (QED) is 0.278. The Hall–Kier alpha value is -3.83. The summed E-state index contributed by atoms with van der Waals surface area (Å²) in [6, 6.07) is 2.41. The Morgan fingerprint density at radius 1 is 0.769 bits per heavy atom. The van der Waals surface area contributed by atoms with Crippen LogP contribution in [0.25, 0.3) is 10.9 Å². The van der Waals surface area contributed by atoms with Gasteiger partial charge in [-0.15, -0.1) is 0 Å². The van der Waals surface area contributed by atoms with Crippen LogP contribution in [-0.2, 0) is 19.1 Å². The van der Waals surface area contributed by atoms with Crippen LogP contribution >= 0.6 is 0 Å². The Kier molecular flexibility index (Phi) is 11.1. The fourth-order valence-corrected chi connectivity index (χ4v) is 9.22. The first-order valence-corrected chi connectivity index (χ1v) is 19.5. The zero-order valence-electron chi connectivity index (χ0n) is 31.8. The third-order valence-corrected chi connectivity index (χ3v) is 11.4. The lowest BCUT2D eigenvalue weighted by atomic mass is 9.83. The van der Waals surface area contributed by atoms with E-state index in [4.69, 9.17) is 9.47 Å². The average Bonchev–Trinajstić information content (AvgIpc) is 3.79. The maximum atomic E-state index is 14.9. The third kappa shape index (κ3) is 8.52. The topological polar surface area (TPSA) is 133 Å². The van der Waals surface area contributed by atoms with Gasteiger partial charge in [0.2, 0.25) is 11.8 Å². The van der Waals surface area contributed by atoms with Gasteiger partial charge in [0.1, 0.15) is 29.1 Å². The van der Waals surface area contributed by atoms with Gasteiger partial charge in [-0.3, -0.25) is 9.59 Å². The van der Waals surface area contributed by atoms with E-state index in [2.05, 4.69) is 15.6 Å². The van der Waals surface area contributed by atoms with Crippen molar-refractivity contribution in [1.82, 2.24) is 25.4 Å². The Bertz CT molecular complexity index is 1560. The zero-order chi connectivity index (χ0) is 37.4. The number of hydrogen-bond donors (Lipinski definition) is 3. The van der Waals surface area contributed by atoms with Gasteiger partial charge in [0, 0.05) is 36.1 Å². The molecule has 52 heavy (non-hydrogen) atoms. The molecule has 0 spiro atoms. The standard InChI is InChI=1S/C40H58FN5O6/c1-39(2,3)51-37(49)43-32(24-13-9-7-10-14-24)35(47)45-20-19-31-34(45)29(28-22-42-30-21-26(41)17-18-27(28)30)23-46(31)36(48)33(25-15-11-8-12-16-25)44-38(50)52-40(4,5)6/h17-18,21-22,24-25,29,31-34,42H,7-16,19-20,23H2,1-6H3,(H,43,49)(H,44,50)/t29-,31-,32+,33+,34-/m1/s1. The predicted molar refractivity (Wildman–Crippen MR) is 196 cm³/mol. The van der Waals surface area contributed by atoms with Gasteiger partial charge in [-0.05, 0) is 109 Å². The van der Waals surface area contributed by atoms with Gasteiger partial charge in [-0.1, -0.05) is 38.5 Å². The average molecular weight is 724 g/mol. The Labute approximate surface area is 307 Å². The van der Waals surface area contributed by atoms with Crippen LogP contribution in [0.5, 0.6) is 0 Å². The summed E-state index contributed by atoms with van der Waals surface area (Å²) in [5, 5.41) is 6.80. The summed E-state index contributed by atoms with van der Waals surface area (Å²) in [5.74, 6) is -1.03. The van der Waals surface area contributed by atoms with Gasteiger partial charge >= 0.3 is 12.2 Å². The summed E-state index contributed by atoms with van der Waals surface area (Å²) in [6.07, 6.45) is 10.6. The SMILES string of the molecule is CC(C)(C)OC(=O)N[C@H](C(=O)N1CC[C@@H]2[C@H]1[C@@H](c1c[nH]c3cc(F)ccc13)CN2C(=O)[C@@H](NC(=O)OC(C)(C)C)C1CCCCC1)C1CCCCC1. The highest BCUT2D eigenvalue weighted by atomic mass is 19.1. The van der Waals surface area contributed by atoms with Gasteiger partial charge < -0.3 is 34.9 Å². The van der Waals surface area contributed by atoms with Crippen LogP contribution in [0, 0.1) is 17.7 Å². The maximum absolute atomic E-state index is 14.9. The van der Waals surface area contributed by atoms with Crippen molar-refractivity contribution in [1.29, 1.82) is 0 Å². The van der Waals surface area contributed by atoms with Crippen LogP contribution in [0.4, 0.5) is 14.0 Å². The summed E-state index contributed by atoms with van der Waals surface area (Å²) in [5.41, 5.74) is 0.101. The van der Waals surface area contributed by atoms with Gasteiger partial charge in [0.15, 0.2) is 0 Å². The number of amides is 4.